The Labute approximate surface area is 209 Å². The molecule has 0 radical (unpaired) electrons. The van der Waals surface area contributed by atoms with Gasteiger partial charge in [-0.2, -0.15) is 0 Å². The van der Waals surface area contributed by atoms with Crippen LogP contribution in [0.3, 0.4) is 0 Å². The quantitative estimate of drug-likeness (QED) is 0.432. The molecule has 0 aliphatic heterocycles. The average molecular weight is 467 g/mol. The summed E-state index contributed by atoms with van der Waals surface area (Å²) in [6, 6.07) is 0. The lowest BCUT2D eigenvalue weighted by Gasteiger charge is -2.72. The van der Waals surface area contributed by atoms with E-state index < -0.39 is 0 Å². The van der Waals surface area contributed by atoms with Gasteiger partial charge < -0.3 is 5.11 Å². The molecule has 0 aromatic carbocycles. The van der Waals surface area contributed by atoms with Crippen LogP contribution >= 0.6 is 0 Å². The Morgan fingerprint density at radius 2 is 1.56 bits per heavy atom. The van der Waals surface area contributed by atoms with Crippen molar-refractivity contribution in [1.82, 2.24) is 0 Å². The molecule has 34 heavy (non-hydrogen) atoms. The molecule has 5 rings (SSSR count). The summed E-state index contributed by atoms with van der Waals surface area (Å²) in [6.07, 6.45) is 13.4. The van der Waals surface area contributed by atoms with Gasteiger partial charge in [0.05, 0.1) is 6.10 Å². The van der Waals surface area contributed by atoms with Crippen LogP contribution in [0.25, 0.3) is 0 Å². The van der Waals surface area contributed by atoms with E-state index in [0.29, 0.717) is 35.4 Å². The van der Waals surface area contributed by atoms with Crippen molar-refractivity contribution >= 4 is 5.78 Å². The number of Topliss-reactive ketones (excluding diaryl/α,β-unsaturated/α-hetero) is 1. The Morgan fingerprint density at radius 3 is 2.18 bits per heavy atom. The summed E-state index contributed by atoms with van der Waals surface area (Å²) >= 11 is 0. The van der Waals surface area contributed by atoms with Gasteiger partial charge in [0.2, 0.25) is 0 Å². The van der Waals surface area contributed by atoms with Gasteiger partial charge in [0.25, 0.3) is 0 Å². The average Bonchev–Trinajstić information content (AvgIpc) is 3.18. The monoisotopic (exact) mass is 466 g/mol. The topological polar surface area (TPSA) is 37.3 Å². The van der Waals surface area contributed by atoms with E-state index in [-0.39, 0.29) is 33.2 Å². The van der Waals surface area contributed by atoms with Crippen LogP contribution in [0, 0.1) is 56.7 Å². The standard InChI is InChI=1S/C32H50O2/c1-9-28(5)24-13-16-31(8)25(29(24,6)15-14-26(28)34)11-10-23-27-22(20(2)3)12-17-32(27,21(4)33)19-18-30(23,31)7/h9,22-27,34H,1-2,10-19H2,3-8H3/t22-,23?,24?,25?,26-,27?,28-,29-,30+,31+,32+/m0/s1. The molecule has 0 bridgehead atoms. The number of aliphatic hydroxyl groups is 1. The largest absolute Gasteiger partial charge is 0.392 e. The van der Waals surface area contributed by atoms with Crippen LogP contribution in [-0.4, -0.2) is 17.0 Å². The maximum Gasteiger partial charge on any atom is 0.136 e. The number of allylic oxidation sites excluding steroid dienone is 1. The molecule has 2 nitrogen and oxygen atoms in total. The number of hydrogen-bond donors (Lipinski definition) is 1. The zero-order valence-electron chi connectivity index (χ0n) is 22.9. The number of ketones is 1. The summed E-state index contributed by atoms with van der Waals surface area (Å²) in [4.78, 5) is 13.2. The number of carbonyl (C=O) groups excluding carboxylic acids is 1. The summed E-state index contributed by atoms with van der Waals surface area (Å²) < 4.78 is 0. The molecule has 11 atom stereocenters. The summed E-state index contributed by atoms with van der Waals surface area (Å²) in [5.74, 6) is 3.26. The van der Waals surface area contributed by atoms with E-state index in [1.165, 1.54) is 37.7 Å². The smallest absolute Gasteiger partial charge is 0.136 e. The van der Waals surface area contributed by atoms with E-state index in [0.717, 1.165) is 32.1 Å². The Kier molecular flexibility index (Phi) is 5.51. The van der Waals surface area contributed by atoms with Gasteiger partial charge in [-0.25, -0.2) is 0 Å². The maximum atomic E-state index is 13.2. The van der Waals surface area contributed by atoms with Crippen molar-refractivity contribution in [3.63, 3.8) is 0 Å². The molecule has 0 heterocycles. The minimum absolute atomic E-state index is 0.103. The molecular weight excluding hydrogens is 416 g/mol. The summed E-state index contributed by atoms with van der Waals surface area (Å²) in [5, 5.41) is 11.0. The fourth-order valence-electron chi connectivity index (χ4n) is 11.7. The van der Waals surface area contributed by atoms with Crippen LogP contribution in [0.15, 0.2) is 24.8 Å². The third kappa shape index (κ3) is 2.76. The van der Waals surface area contributed by atoms with Crippen molar-refractivity contribution in [1.29, 1.82) is 0 Å². The first kappa shape index (κ1) is 24.8. The van der Waals surface area contributed by atoms with Crippen molar-refractivity contribution in [3.05, 3.63) is 24.8 Å². The maximum absolute atomic E-state index is 13.2. The highest BCUT2D eigenvalue weighted by Crippen LogP contribution is 2.77. The molecule has 4 unspecified atom stereocenters. The van der Waals surface area contributed by atoms with Crippen molar-refractivity contribution in [2.24, 2.45) is 56.7 Å². The Bertz CT molecular complexity index is 905. The van der Waals surface area contributed by atoms with E-state index >= 15 is 0 Å². The van der Waals surface area contributed by atoms with Gasteiger partial charge in [-0.3, -0.25) is 4.79 Å². The second-order valence-electron chi connectivity index (χ2n) is 14.5. The second-order valence-corrected chi connectivity index (χ2v) is 14.5. The van der Waals surface area contributed by atoms with Crippen LogP contribution in [0.2, 0.25) is 0 Å². The van der Waals surface area contributed by atoms with Crippen LogP contribution in [0.1, 0.15) is 106 Å². The number of fused-ring (bicyclic) bond motifs is 7. The molecule has 190 valence electrons. The van der Waals surface area contributed by atoms with Crippen LogP contribution in [-0.2, 0) is 4.79 Å². The van der Waals surface area contributed by atoms with E-state index in [2.05, 4.69) is 53.9 Å². The Hall–Kier alpha value is -0.890. The van der Waals surface area contributed by atoms with Crippen molar-refractivity contribution in [2.45, 2.75) is 112 Å². The zero-order valence-corrected chi connectivity index (χ0v) is 22.9. The van der Waals surface area contributed by atoms with E-state index in [1.807, 2.05) is 6.92 Å². The summed E-state index contributed by atoms with van der Waals surface area (Å²) in [6.45, 7) is 22.9. The molecular formula is C32H50O2. The molecule has 1 N–H and O–H groups in total. The molecule has 5 aliphatic carbocycles. The number of carbonyl (C=O) groups is 1. The molecule has 0 spiro atoms. The molecule has 2 heteroatoms. The van der Waals surface area contributed by atoms with Gasteiger partial charge in [0.1, 0.15) is 5.78 Å². The Morgan fingerprint density at radius 1 is 0.853 bits per heavy atom. The molecule has 5 fully saturated rings. The molecule has 0 amide bonds. The van der Waals surface area contributed by atoms with Gasteiger partial charge in [-0.05, 0) is 124 Å². The van der Waals surface area contributed by atoms with Gasteiger partial charge in [-0.1, -0.05) is 45.9 Å². The lowest BCUT2D eigenvalue weighted by Crippen LogP contribution is -2.67. The van der Waals surface area contributed by atoms with Crippen molar-refractivity contribution in [3.8, 4) is 0 Å². The number of hydrogen-bond acceptors (Lipinski definition) is 2. The minimum Gasteiger partial charge on any atom is -0.392 e. The predicted molar refractivity (Wildman–Crippen MR) is 140 cm³/mol. The number of rotatable bonds is 3. The van der Waals surface area contributed by atoms with Crippen molar-refractivity contribution in [2.75, 3.05) is 0 Å². The summed E-state index contributed by atoms with van der Waals surface area (Å²) in [7, 11) is 0. The molecule has 5 aliphatic rings. The second kappa shape index (κ2) is 7.56. The lowest BCUT2D eigenvalue weighted by atomic mass is 9.32. The van der Waals surface area contributed by atoms with E-state index in [1.54, 1.807) is 0 Å². The highest BCUT2D eigenvalue weighted by atomic mass is 16.3. The van der Waals surface area contributed by atoms with Crippen LogP contribution in [0.4, 0.5) is 0 Å². The van der Waals surface area contributed by atoms with E-state index in [4.69, 9.17) is 0 Å². The molecule has 0 saturated heterocycles. The highest BCUT2D eigenvalue weighted by Gasteiger charge is 2.71. The minimum atomic E-state index is -0.264. The first-order valence-electron chi connectivity index (χ1n) is 14.3. The van der Waals surface area contributed by atoms with Gasteiger partial charge in [-0.15, -0.1) is 6.58 Å². The fraction of sp³-hybridized carbons (Fsp3) is 0.844. The predicted octanol–water partition coefficient (Wildman–Crippen LogP) is 7.76. The third-order valence-electron chi connectivity index (χ3n) is 13.9. The molecule has 5 saturated carbocycles. The SMILES string of the molecule is C=C[C@@]1(C)C2CC[C@]3(C)C(CCC4C5[C@H](C(=C)C)CC[C@]5(C(C)=O)CC[C@]43C)[C@@]2(C)CC[C@@H]1O. The van der Waals surface area contributed by atoms with Gasteiger partial charge in [0.15, 0.2) is 0 Å². The first-order valence-corrected chi connectivity index (χ1v) is 14.3. The fourth-order valence-corrected chi connectivity index (χ4v) is 11.7. The lowest BCUT2D eigenvalue weighted by molar-refractivity contribution is -0.242. The van der Waals surface area contributed by atoms with Crippen LogP contribution < -0.4 is 0 Å². The number of aliphatic hydroxyl groups excluding tert-OH is 1. The first-order chi connectivity index (χ1) is 15.8. The van der Waals surface area contributed by atoms with Gasteiger partial charge >= 0.3 is 0 Å². The highest BCUT2D eigenvalue weighted by molar-refractivity contribution is 5.83. The third-order valence-corrected chi connectivity index (χ3v) is 13.9. The van der Waals surface area contributed by atoms with Crippen molar-refractivity contribution < 1.29 is 9.90 Å². The van der Waals surface area contributed by atoms with Gasteiger partial charge in [0, 0.05) is 10.8 Å². The molecule has 0 aromatic rings. The van der Waals surface area contributed by atoms with Crippen LogP contribution in [0.5, 0.6) is 0 Å². The zero-order chi connectivity index (χ0) is 24.9. The van der Waals surface area contributed by atoms with E-state index in [9.17, 15) is 9.90 Å². The summed E-state index contributed by atoms with van der Waals surface area (Å²) in [5.41, 5.74) is 1.83. The normalized spacial score (nSPS) is 56.4. The Balaban J connectivity index is 1.57. The molecule has 0 aromatic heterocycles.